The lowest BCUT2D eigenvalue weighted by atomic mass is 10.00. The van der Waals surface area contributed by atoms with E-state index in [0.29, 0.717) is 0 Å². The Hall–Kier alpha value is -0.680. The van der Waals surface area contributed by atoms with Crippen LogP contribution in [0.2, 0.25) is 5.15 Å². The van der Waals surface area contributed by atoms with Crippen LogP contribution in [0.4, 0.5) is 8.78 Å². The van der Waals surface area contributed by atoms with Gasteiger partial charge in [0, 0.05) is 20.1 Å². The van der Waals surface area contributed by atoms with E-state index in [4.69, 9.17) is 16.7 Å². The van der Waals surface area contributed by atoms with Crippen LogP contribution in [0, 0.1) is 0 Å². The predicted octanol–water partition coefficient (Wildman–Crippen LogP) is 2.67. The Morgan fingerprint density at radius 1 is 1.50 bits per heavy atom. The fourth-order valence-electron chi connectivity index (χ4n) is 1.53. The second kappa shape index (κ2) is 4.67. The highest BCUT2D eigenvalue weighted by Gasteiger charge is 2.39. The second-order valence-electron chi connectivity index (χ2n) is 4.01. The van der Waals surface area contributed by atoms with Crippen molar-refractivity contribution >= 4 is 11.6 Å². The van der Waals surface area contributed by atoms with E-state index in [1.807, 2.05) is 0 Å². The number of nitrogens with zero attached hydrogens (tertiary/aromatic N) is 2. The molecule has 0 bridgehead atoms. The van der Waals surface area contributed by atoms with Crippen molar-refractivity contribution in [2.75, 3.05) is 6.61 Å². The topological polar surface area (TPSA) is 38.0 Å². The monoisotopic (exact) mass is 252 g/mol. The molecule has 0 amide bonds. The zero-order valence-corrected chi connectivity index (χ0v) is 10.2. The Balaban J connectivity index is 3.30. The molecule has 16 heavy (non-hydrogen) atoms. The maximum atomic E-state index is 13.8. The summed E-state index contributed by atoms with van der Waals surface area (Å²) in [6.45, 7) is 2.96. The van der Waals surface area contributed by atoms with Gasteiger partial charge in [-0.2, -0.15) is 5.10 Å². The van der Waals surface area contributed by atoms with Gasteiger partial charge in [0.05, 0.1) is 11.3 Å². The first-order valence-corrected chi connectivity index (χ1v) is 5.40. The third-order valence-electron chi connectivity index (χ3n) is 2.34. The fourth-order valence-corrected chi connectivity index (χ4v) is 1.80. The predicted molar refractivity (Wildman–Crippen MR) is 57.9 cm³/mol. The number of rotatable bonds is 4. The standard InChI is InChI=1S/C10H15ClF2N2O/c1-6(2)8-7(9(11)15(3)14-8)10(12,13)4-5-16/h6,16H,4-5H2,1-3H3. The molecule has 0 aliphatic heterocycles. The average Bonchev–Trinajstić information content (AvgIpc) is 2.44. The second-order valence-corrected chi connectivity index (χ2v) is 4.37. The first-order chi connectivity index (χ1) is 7.31. The summed E-state index contributed by atoms with van der Waals surface area (Å²) in [5.41, 5.74) is 0.0201. The molecule has 0 aromatic carbocycles. The van der Waals surface area contributed by atoms with E-state index in [1.165, 1.54) is 11.7 Å². The molecular formula is C10H15ClF2N2O. The van der Waals surface area contributed by atoms with Crippen molar-refractivity contribution < 1.29 is 13.9 Å². The minimum atomic E-state index is -3.14. The molecule has 0 saturated carbocycles. The average molecular weight is 253 g/mol. The van der Waals surface area contributed by atoms with Crippen LogP contribution in [0.1, 0.15) is 37.4 Å². The van der Waals surface area contributed by atoms with E-state index in [9.17, 15) is 8.78 Å². The van der Waals surface area contributed by atoms with Gasteiger partial charge in [0.2, 0.25) is 0 Å². The summed E-state index contributed by atoms with van der Waals surface area (Å²) in [6, 6.07) is 0. The SMILES string of the molecule is CC(C)c1nn(C)c(Cl)c1C(F)(F)CCO. The Bertz CT molecular complexity index is 377. The van der Waals surface area contributed by atoms with Gasteiger partial charge >= 0.3 is 0 Å². The van der Waals surface area contributed by atoms with E-state index in [1.54, 1.807) is 13.8 Å². The third kappa shape index (κ3) is 2.35. The fraction of sp³-hybridized carbons (Fsp3) is 0.700. The van der Waals surface area contributed by atoms with Crippen molar-refractivity contribution in [3.8, 4) is 0 Å². The van der Waals surface area contributed by atoms with Crippen molar-refractivity contribution in [2.45, 2.75) is 32.1 Å². The van der Waals surface area contributed by atoms with Crippen LogP contribution >= 0.6 is 11.6 Å². The Morgan fingerprint density at radius 3 is 2.50 bits per heavy atom. The lowest BCUT2D eigenvalue weighted by Gasteiger charge is -2.16. The highest BCUT2D eigenvalue weighted by atomic mass is 35.5. The molecule has 1 N–H and O–H groups in total. The molecular weight excluding hydrogens is 238 g/mol. The minimum Gasteiger partial charge on any atom is -0.396 e. The number of halogens is 3. The van der Waals surface area contributed by atoms with Crippen LogP contribution in [0.25, 0.3) is 0 Å². The number of aliphatic hydroxyl groups is 1. The van der Waals surface area contributed by atoms with Crippen molar-refractivity contribution in [1.82, 2.24) is 9.78 Å². The third-order valence-corrected chi connectivity index (χ3v) is 2.78. The molecule has 1 heterocycles. The number of hydrogen-bond donors (Lipinski definition) is 1. The summed E-state index contributed by atoms with van der Waals surface area (Å²) in [7, 11) is 1.52. The molecule has 0 atom stereocenters. The normalized spacial score (nSPS) is 12.5. The summed E-state index contributed by atoms with van der Waals surface area (Å²) in [5, 5.41) is 12.6. The minimum absolute atomic E-state index is 0.0675. The summed E-state index contributed by atoms with van der Waals surface area (Å²) >= 11 is 5.82. The van der Waals surface area contributed by atoms with Gasteiger partial charge in [0.15, 0.2) is 0 Å². The first kappa shape index (κ1) is 13.4. The van der Waals surface area contributed by atoms with E-state index >= 15 is 0 Å². The Morgan fingerprint density at radius 2 is 2.06 bits per heavy atom. The van der Waals surface area contributed by atoms with Gasteiger partial charge in [0.1, 0.15) is 5.15 Å². The number of aliphatic hydroxyl groups excluding tert-OH is 1. The van der Waals surface area contributed by atoms with E-state index < -0.39 is 19.0 Å². The molecule has 3 nitrogen and oxygen atoms in total. The molecule has 0 aliphatic carbocycles. The lowest BCUT2D eigenvalue weighted by Crippen LogP contribution is -2.17. The molecule has 6 heteroatoms. The van der Waals surface area contributed by atoms with Crippen LogP contribution in [-0.4, -0.2) is 21.5 Å². The van der Waals surface area contributed by atoms with Crippen LogP contribution < -0.4 is 0 Å². The van der Waals surface area contributed by atoms with E-state index in [0.717, 1.165) is 0 Å². The Labute approximate surface area is 98.0 Å². The zero-order valence-electron chi connectivity index (χ0n) is 9.47. The van der Waals surface area contributed by atoms with Gasteiger partial charge in [0.25, 0.3) is 5.92 Å². The lowest BCUT2D eigenvalue weighted by molar-refractivity contribution is -0.0278. The zero-order chi connectivity index (χ0) is 12.5. The van der Waals surface area contributed by atoms with Crippen molar-refractivity contribution in [3.05, 3.63) is 16.4 Å². The van der Waals surface area contributed by atoms with Gasteiger partial charge in [-0.15, -0.1) is 0 Å². The largest absolute Gasteiger partial charge is 0.396 e. The molecule has 0 spiro atoms. The van der Waals surface area contributed by atoms with Crippen LogP contribution in [-0.2, 0) is 13.0 Å². The number of alkyl halides is 2. The highest BCUT2D eigenvalue weighted by Crippen LogP contribution is 2.40. The molecule has 1 aromatic rings. The maximum Gasteiger partial charge on any atom is 0.280 e. The van der Waals surface area contributed by atoms with Gasteiger partial charge in [-0.25, -0.2) is 8.78 Å². The molecule has 92 valence electrons. The molecule has 1 rings (SSSR count). The molecule has 0 fully saturated rings. The maximum absolute atomic E-state index is 13.8. The van der Waals surface area contributed by atoms with E-state index in [-0.39, 0.29) is 22.3 Å². The molecule has 0 saturated heterocycles. The number of aryl methyl sites for hydroxylation is 1. The molecule has 0 aliphatic rings. The molecule has 0 unspecified atom stereocenters. The van der Waals surface area contributed by atoms with E-state index in [2.05, 4.69) is 5.10 Å². The van der Waals surface area contributed by atoms with Gasteiger partial charge < -0.3 is 5.11 Å². The summed E-state index contributed by atoms with van der Waals surface area (Å²) in [4.78, 5) is 0. The van der Waals surface area contributed by atoms with Crippen molar-refractivity contribution in [1.29, 1.82) is 0 Å². The highest BCUT2D eigenvalue weighted by molar-refractivity contribution is 6.30. The summed E-state index contributed by atoms with van der Waals surface area (Å²) in [6.07, 6.45) is -0.641. The van der Waals surface area contributed by atoms with Gasteiger partial charge in [-0.3, -0.25) is 4.68 Å². The number of hydrogen-bond acceptors (Lipinski definition) is 2. The Kier molecular flexibility index (Phi) is 3.91. The van der Waals surface area contributed by atoms with Crippen LogP contribution in [0.5, 0.6) is 0 Å². The first-order valence-electron chi connectivity index (χ1n) is 5.02. The van der Waals surface area contributed by atoms with Crippen LogP contribution in [0.15, 0.2) is 0 Å². The van der Waals surface area contributed by atoms with Gasteiger partial charge in [-0.1, -0.05) is 25.4 Å². The van der Waals surface area contributed by atoms with Gasteiger partial charge in [-0.05, 0) is 5.92 Å². The molecule has 1 aromatic heterocycles. The quantitative estimate of drug-likeness (QED) is 0.895. The van der Waals surface area contributed by atoms with Crippen LogP contribution in [0.3, 0.4) is 0 Å². The van der Waals surface area contributed by atoms with Crippen molar-refractivity contribution in [2.24, 2.45) is 7.05 Å². The summed E-state index contributed by atoms with van der Waals surface area (Å²) in [5.74, 6) is -3.28. The number of aromatic nitrogens is 2. The smallest absolute Gasteiger partial charge is 0.280 e. The summed E-state index contributed by atoms with van der Waals surface area (Å²) < 4.78 is 28.7. The molecule has 0 radical (unpaired) electrons. The van der Waals surface area contributed by atoms with Crippen molar-refractivity contribution in [3.63, 3.8) is 0 Å².